The summed E-state index contributed by atoms with van der Waals surface area (Å²) >= 11 is 1.30. The Hall–Kier alpha value is -1.76. The maximum absolute atomic E-state index is 11.5. The first-order valence-electron chi connectivity index (χ1n) is 7.14. The molecule has 0 aromatic carbocycles. The summed E-state index contributed by atoms with van der Waals surface area (Å²) in [5.41, 5.74) is 0. The maximum Gasteiger partial charge on any atom is 0.412 e. The number of hydrogen-bond acceptors (Lipinski definition) is 5. The van der Waals surface area contributed by atoms with Crippen LogP contribution in [0.4, 0.5) is 9.59 Å². The van der Waals surface area contributed by atoms with E-state index in [9.17, 15) is 9.59 Å². The number of hydrogen-bond donors (Lipinski definition) is 2. The van der Waals surface area contributed by atoms with Crippen molar-refractivity contribution in [3.05, 3.63) is 10.8 Å². The molecular formula is C14H22N2O4S. The van der Waals surface area contributed by atoms with Crippen LogP contribution in [-0.4, -0.2) is 25.3 Å². The second-order valence-corrected chi connectivity index (χ2v) is 5.18. The zero-order valence-corrected chi connectivity index (χ0v) is 13.3. The van der Waals surface area contributed by atoms with Crippen molar-refractivity contribution >= 4 is 23.5 Å². The van der Waals surface area contributed by atoms with Gasteiger partial charge in [-0.05, 0) is 12.8 Å². The Balaban J connectivity index is 2.41. The predicted molar refractivity (Wildman–Crippen MR) is 82.2 cm³/mol. The third-order valence-electron chi connectivity index (χ3n) is 2.60. The first kappa shape index (κ1) is 17.3. The Bertz CT molecular complexity index is 409. The molecule has 0 saturated heterocycles. The lowest BCUT2D eigenvalue weighted by atomic mass is 10.3. The van der Waals surface area contributed by atoms with Crippen LogP contribution in [0.25, 0.3) is 0 Å². The molecule has 2 N–H and O–H groups in total. The lowest BCUT2D eigenvalue weighted by Gasteiger charge is -2.08. The fourth-order valence-electron chi connectivity index (χ4n) is 1.43. The molecule has 0 aliphatic carbocycles. The van der Waals surface area contributed by atoms with Gasteiger partial charge < -0.3 is 20.1 Å². The summed E-state index contributed by atoms with van der Waals surface area (Å²) in [6.07, 6.45) is 2.68. The van der Waals surface area contributed by atoms with Gasteiger partial charge in [0.1, 0.15) is 0 Å². The SMILES string of the molecule is CCCCNC(=O)Oc1cscc1OC(=O)NCCCC. The highest BCUT2D eigenvalue weighted by molar-refractivity contribution is 7.08. The fourth-order valence-corrected chi connectivity index (χ4v) is 2.07. The van der Waals surface area contributed by atoms with Crippen molar-refractivity contribution in [1.82, 2.24) is 10.6 Å². The van der Waals surface area contributed by atoms with E-state index in [-0.39, 0.29) is 11.5 Å². The van der Waals surface area contributed by atoms with Crippen molar-refractivity contribution in [3.63, 3.8) is 0 Å². The topological polar surface area (TPSA) is 76.7 Å². The van der Waals surface area contributed by atoms with Gasteiger partial charge in [-0.2, -0.15) is 0 Å². The first-order valence-corrected chi connectivity index (χ1v) is 8.09. The average molecular weight is 314 g/mol. The van der Waals surface area contributed by atoms with Crippen LogP contribution in [0.15, 0.2) is 10.8 Å². The van der Waals surface area contributed by atoms with Gasteiger partial charge in [0.15, 0.2) is 11.5 Å². The molecule has 7 heteroatoms. The summed E-state index contributed by atoms with van der Waals surface area (Å²) in [5.74, 6) is 0.499. The highest BCUT2D eigenvalue weighted by Gasteiger charge is 2.14. The fraction of sp³-hybridized carbons (Fsp3) is 0.571. The van der Waals surface area contributed by atoms with Crippen molar-refractivity contribution < 1.29 is 19.1 Å². The van der Waals surface area contributed by atoms with Crippen LogP contribution < -0.4 is 20.1 Å². The molecule has 0 fully saturated rings. The van der Waals surface area contributed by atoms with Crippen molar-refractivity contribution in [2.75, 3.05) is 13.1 Å². The van der Waals surface area contributed by atoms with Gasteiger partial charge in [-0.1, -0.05) is 26.7 Å². The zero-order chi connectivity index (χ0) is 15.5. The number of unbranched alkanes of at least 4 members (excludes halogenated alkanes) is 2. The largest absolute Gasteiger partial charge is 0.412 e. The summed E-state index contributed by atoms with van der Waals surface area (Å²) in [6, 6.07) is 0. The average Bonchev–Trinajstić information content (AvgIpc) is 2.86. The van der Waals surface area contributed by atoms with E-state index < -0.39 is 12.2 Å². The molecule has 0 unspecified atom stereocenters. The van der Waals surface area contributed by atoms with E-state index >= 15 is 0 Å². The Morgan fingerprint density at radius 1 is 0.952 bits per heavy atom. The molecule has 1 rings (SSSR count). The van der Waals surface area contributed by atoms with E-state index in [1.54, 1.807) is 10.8 Å². The quantitative estimate of drug-likeness (QED) is 0.720. The van der Waals surface area contributed by atoms with E-state index in [4.69, 9.17) is 9.47 Å². The van der Waals surface area contributed by atoms with Crippen molar-refractivity contribution in [2.45, 2.75) is 39.5 Å². The highest BCUT2D eigenvalue weighted by Crippen LogP contribution is 2.31. The Morgan fingerprint density at radius 2 is 1.38 bits per heavy atom. The number of thiophene rings is 1. The molecule has 0 aliphatic heterocycles. The number of nitrogens with one attached hydrogen (secondary N) is 2. The lowest BCUT2D eigenvalue weighted by molar-refractivity contribution is 0.190. The molecule has 0 radical (unpaired) electrons. The molecule has 0 aliphatic rings. The Morgan fingerprint density at radius 3 is 1.76 bits per heavy atom. The monoisotopic (exact) mass is 314 g/mol. The molecule has 1 aromatic heterocycles. The molecule has 0 atom stereocenters. The van der Waals surface area contributed by atoms with Gasteiger partial charge in [0.2, 0.25) is 0 Å². The normalized spacial score (nSPS) is 10.0. The molecule has 118 valence electrons. The number of carbonyl (C=O) groups is 2. The van der Waals surface area contributed by atoms with Crippen LogP contribution in [-0.2, 0) is 0 Å². The van der Waals surface area contributed by atoms with Crippen LogP contribution in [0.1, 0.15) is 39.5 Å². The molecule has 1 aromatic rings. The van der Waals surface area contributed by atoms with Crippen LogP contribution in [0.2, 0.25) is 0 Å². The third-order valence-corrected chi connectivity index (χ3v) is 3.30. The molecule has 1 heterocycles. The van der Waals surface area contributed by atoms with Gasteiger partial charge in [0.25, 0.3) is 0 Å². The molecule has 2 amide bonds. The first-order chi connectivity index (χ1) is 10.2. The van der Waals surface area contributed by atoms with Gasteiger partial charge in [-0.15, -0.1) is 11.3 Å². The standard InChI is InChI=1S/C14H22N2O4S/c1-3-5-7-15-13(17)19-11-9-21-10-12(11)20-14(18)16-8-6-4-2/h9-10H,3-8H2,1-2H3,(H,15,17)(H,16,18). The summed E-state index contributed by atoms with van der Waals surface area (Å²) in [7, 11) is 0. The summed E-state index contributed by atoms with van der Waals surface area (Å²) in [5, 5.41) is 8.50. The van der Waals surface area contributed by atoms with Crippen molar-refractivity contribution in [2.24, 2.45) is 0 Å². The summed E-state index contributed by atoms with van der Waals surface area (Å²) in [4.78, 5) is 23.1. The molecule has 0 bridgehead atoms. The maximum atomic E-state index is 11.5. The van der Waals surface area contributed by atoms with Crippen LogP contribution in [0, 0.1) is 0 Å². The van der Waals surface area contributed by atoms with Crippen LogP contribution >= 0.6 is 11.3 Å². The predicted octanol–water partition coefficient (Wildman–Crippen LogP) is 3.53. The number of rotatable bonds is 8. The van der Waals surface area contributed by atoms with Gasteiger partial charge in [0, 0.05) is 23.8 Å². The van der Waals surface area contributed by atoms with E-state index in [2.05, 4.69) is 10.6 Å². The van der Waals surface area contributed by atoms with Gasteiger partial charge in [-0.25, -0.2) is 9.59 Å². The number of amides is 2. The van der Waals surface area contributed by atoms with E-state index in [1.165, 1.54) is 11.3 Å². The van der Waals surface area contributed by atoms with Gasteiger partial charge in [-0.3, -0.25) is 0 Å². The molecule has 6 nitrogen and oxygen atoms in total. The zero-order valence-electron chi connectivity index (χ0n) is 12.4. The molecule has 0 saturated carbocycles. The molecular weight excluding hydrogens is 292 g/mol. The second-order valence-electron chi connectivity index (χ2n) is 4.44. The summed E-state index contributed by atoms with van der Waals surface area (Å²) in [6.45, 7) is 5.20. The minimum absolute atomic E-state index is 0.250. The molecule has 21 heavy (non-hydrogen) atoms. The highest BCUT2D eigenvalue weighted by atomic mass is 32.1. The van der Waals surface area contributed by atoms with Crippen molar-refractivity contribution in [1.29, 1.82) is 0 Å². The van der Waals surface area contributed by atoms with Crippen molar-refractivity contribution in [3.8, 4) is 11.5 Å². The van der Waals surface area contributed by atoms with Crippen LogP contribution in [0.3, 0.4) is 0 Å². The number of carbonyl (C=O) groups excluding carboxylic acids is 2. The minimum atomic E-state index is -0.543. The number of ether oxygens (including phenoxy) is 2. The second kappa shape index (κ2) is 10.0. The van der Waals surface area contributed by atoms with E-state index in [1.807, 2.05) is 13.8 Å². The summed E-state index contributed by atoms with van der Waals surface area (Å²) < 4.78 is 10.2. The van der Waals surface area contributed by atoms with E-state index in [0.717, 1.165) is 25.7 Å². The van der Waals surface area contributed by atoms with Crippen LogP contribution in [0.5, 0.6) is 11.5 Å². The van der Waals surface area contributed by atoms with E-state index in [0.29, 0.717) is 13.1 Å². The van der Waals surface area contributed by atoms with Gasteiger partial charge in [0.05, 0.1) is 0 Å². The minimum Gasteiger partial charge on any atom is -0.405 e. The lowest BCUT2D eigenvalue weighted by Crippen LogP contribution is -2.29. The smallest absolute Gasteiger partial charge is 0.405 e. The third kappa shape index (κ3) is 6.99. The molecule has 0 spiro atoms. The Labute approximate surface area is 128 Å². The Kier molecular flexibility index (Phi) is 8.27. The van der Waals surface area contributed by atoms with Gasteiger partial charge >= 0.3 is 12.2 Å².